The molecular formula is C16H21ClN4O2. The van der Waals surface area contributed by atoms with Crippen LogP contribution in [0.5, 0.6) is 0 Å². The lowest BCUT2D eigenvalue weighted by Crippen LogP contribution is -2.34. The molecule has 1 amide bonds. The zero-order valence-electron chi connectivity index (χ0n) is 12.9. The number of benzene rings is 1. The number of carbonyl (C=O) groups excluding carboxylic acids is 1. The molecule has 2 aromatic rings. The van der Waals surface area contributed by atoms with Crippen LogP contribution in [0, 0.1) is 12.8 Å². The molecule has 6 nitrogen and oxygen atoms in total. The summed E-state index contributed by atoms with van der Waals surface area (Å²) in [5, 5.41) is 19.9. The van der Waals surface area contributed by atoms with E-state index in [1.807, 2.05) is 31.2 Å². The molecule has 0 spiro atoms. The van der Waals surface area contributed by atoms with E-state index in [-0.39, 0.29) is 24.2 Å². The molecule has 2 unspecified atom stereocenters. The molecular weight excluding hydrogens is 316 g/mol. The number of halogens is 1. The van der Waals surface area contributed by atoms with Crippen molar-refractivity contribution in [1.82, 2.24) is 20.4 Å². The normalized spacial score (nSPS) is 20.1. The maximum absolute atomic E-state index is 12.2. The van der Waals surface area contributed by atoms with Crippen LogP contribution in [0.25, 0.3) is 5.69 Å². The van der Waals surface area contributed by atoms with E-state index < -0.39 is 6.10 Å². The zero-order valence-corrected chi connectivity index (χ0v) is 13.7. The van der Waals surface area contributed by atoms with E-state index in [2.05, 4.69) is 15.7 Å². The highest BCUT2D eigenvalue weighted by molar-refractivity contribution is 5.93. The molecule has 3 N–H and O–H groups in total. The lowest BCUT2D eigenvalue weighted by atomic mass is 10.1. The van der Waals surface area contributed by atoms with Crippen LogP contribution in [0.4, 0.5) is 0 Å². The number of nitrogens with one attached hydrogen (secondary N) is 2. The van der Waals surface area contributed by atoms with Crippen LogP contribution in [-0.2, 0) is 0 Å². The van der Waals surface area contributed by atoms with Gasteiger partial charge < -0.3 is 15.7 Å². The van der Waals surface area contributed by atoms with Gasteiger partial charge in [-0.3, -0.25) is 4.79 Å². The summed E-state index contributed by atoms with van der Waals surface area (Å²) in [6.07, 6.45) is 2.89. The fourth-order valence-electron chi connectivity index (χ4n) is 2.65. The highest BCUT2D eigenvalue weighted by Crippen LogP contribution is 2.13. The molecule has 1 aromatic heterocycles. The first-order valence-corrected chi connectivity index (χ1v) is 7.43. The van der Waals surface area contributed by atoms with Gasteiger partial charge in [0, 0.05) is 31.7 Å². The quantitative estimate of drug-likeness (QED) is 0.775. The van der Waals surface area contributed by atoms with Gasteiger partial charge in [0.1, 0.15) is 0 Å². The Morgan fingerprint density at radius 2 is 2.22 bits per heavy atom. The lowest BCUT2D eigenvalue weighted by molar-refractivity contribution is 0.0927. The van der Waals surface area contributed by atoms with Crippen molar-refractivity contribution in [3.63, 3.8) is 0 Å². The van der Waals surface area contributed by atoms with Gasteiger partial charge in [-0.25, -0.2) is 4.68 Å². The van der Waals surface area contributed by atoms with Crippen LogP contribution >= 0.6 is 12.4 Å². The molecule has 0 aliphatic carbocycles. The minimum Gasteiger partial charge on any atom is -0.391 e. The molecule has 0 bridgehead atoms. The molecule has 23 heavy (non-hydrogen) atoms. The molecule has 0 radical (unpaired) electrons. The highest BCUT2D eigenvalue weighted by atomic mass is 35.5. The first kappa shape index (κ1) is 17.5. The summed E-state index contributed by atoms with van der Waals surface area (Å²) in [5.41, 5.74) is 2.57. The molecule has 2 atom stereocenters. The third kappa shape index (κ3) is 3.90. The summed E-state index contributed by atoms with van der Waals surface area (Å²) in [6.45, 7) is 3.78. The van der Waals surface area contributed by atoms with Crippen molar-refractivity contribution in [2.75, 3.05) is 19.6 Å². The Labute approximate surface area is 141 Å². The summed E-state index contributed by atoms with van der Waals surface area (Å²) in [7, 11) is 0. The predicted octanol–water partition coefficient (Wildman–Crippen LogP) is 0.913. The van der Waals surface area contributed by atoms with Gasteiger partial charge in [0.25, 0.3) is 5.91 Å². The highest BCUT2D eigenvalue weighted by Gasteiger charge is 2.25. The van der Waals surface area contributed by atoms with E-state index in [1.165, 1.54) is 0 Å². The standard InChI is InChI=1S/C16H20N4O2.ClH/c1-11-4-2-3-5-14(11)20-10-13(8-19-20)16(22)18-7-12-6-17-9-15(12)21;/h2-5,8,10,12,15,17,21H,6-7,9H2,1H3,(H,18,22);1H. The van der Waals surface area contributed by atoms with Crippen molar-refractivity contribution in [2.24, 2.45) is 5.92 Å². The third-order valence-electron chi connectivity index (χ3n) is 4.04. The van der Waals surface area contributed by atoms with Gasteiger partial charge in [-0.15, -0.1) is 12.4 Å². The van der Waals surface area contributed by atoms with Crippen molar-refractivity contribution in [2.45, 2.75) is 13.0 Å². The first-order chi connectivity index (χ1) is 10.6. The van der Waals surface area contributed by atoms with Crippen LogP contribution in [0.15, 0.2) is 36.7 Å². The summed E-state index contributed by atoms with van der Waals surface area (Å²) < 4.78 is 1.70. The summed E-state index contributed by atoms with van der Waals surface area (Å²) in [6, 6.07) is 7.88. The lowest BCUT2D eigenvalue weighted by Gasteiger charge is -2.13. The molecule has 3 rings (SSSR count). The minimum atomic E-state index is -0.394. The average molecular weight is 337 g/mol. The van der Waals surface area contributed by atoms with Crippen LogP contribution in [0.1, 0.15) is 15.9 Å². The number of rotatable bonds is 4. The zero-order chi connectivity index (χ0) is 15.5. The number of aryl methyl sites for hydroxylation is 1. The Bertz CT molecular complexity index is 674. The molecule has 0 saturated carbocycles. The van der Waals surface area contributed by atoms with Crippen molar-refractivity contribution in [1.29, 1.82) is 0 Å². The number of carbonyl (C=O) groups is 1. The van der Waals surface area contributed by atoms with Gasteiger partial charge in [-0.1, -0.05) is 18.2 Å². The van der Waals surface area contributed by atoms with Gasteiger partial charge in [0.15, 0.2) is 0 Å². The van der Waals surface area contributed by atoms with Gasteiger partial charge >= 0.3 is 0 Å². The van der Waals surface area contributed by atoms with Crippen molar-refractivity contribution in [3.05, 3.63) is 47.8 Å². The minimum absolute atomic E-state index is 0. The predicted molar refractivity (Wildman–Crippen MR) is 90.2 cm³/mol. The van der Waals surface area contributed by atoms with Crippen molar-refractivity contribution >= 4 is 18.3 Å². The monoisotopic (exact) mass is 336 g/mol. The summed E-state index contributed by atoms with van der Waals surface area (Å²) >= 11 is 0. The molecule has 1 saturated heterocycles. The summed E-state index contributed by atoms with van der Waals surface area (Å²) in [5.74, 6) is -0.103. The van der Waals surface area contributed by atoms with E-state index in [0.717, 1.165) is 17.8 Å². The first-order valence-electron chi connectivity index (χ1n) is 7.43. The fraction of sp³-hybridized carbons (Fsp3) is 0.375. The maximum atomic E-state index is 12.2. The van der Waals surface area contributed by atoms with Gasteiger partial charge in [0.05, 0.1) is 23.6 Å². The van der Waals surface area contributed by atoms with Gasteiger partial charge in [-0.2, -0.15) is 5.10 Å². The number of hydrogen-bond donors (Lipinski definition) is 3. The number of nitrogens with zero attached hydrogens (tertiary/aromatic N) is 2. The molecule has 1 fully saturated rings. The Hall–Kier alpha value is -1.89. The largest absolute Gasteiger partial charge is 0.391 e. The Morgan fingerprint density at radius 1 is 1.43 bits per heavy atom. The van der Waals surface area contributed by atoms with Crippen LogP contribution in [-0.4, -0.2) is 46.5 Å². The van der Waals surface area contributed by atoms with E-state index >= 15 is 0 Å². The Kier molecular flexibility index (Phi) is 5.76. The number of aromatic nitrogens is 2. The molecule has 1 aliphatic rings. The second-order valence-corrected chi connectivity index (χ2v) is 5.66. The molecule has 124 valence electrons. The SMILES string of the molecule is Cc1ccccc1-n1cc(C(=O)NCC2CNCC2O)cn1.Cl. The van der Waals surface area contributed by atoms with Crippen LogP contribution in [0.3, 0.4) is 0 Å². The number of amides is 1. The Morgan fingerprint density at radius 3 is 2.91 bits per heavy atom. The molecule has 7 heteroatoms. The maximum Gasteiger partial charge on any atom is 0.254 e. The topological polar surface area (TPSA) is 79.2 Å². The third-order valence-corrected chi connectivity index (χ3v) is 4.04. The fourth-order valence-corrected chi connectivity index (χ4v) is 2.65. The van der Waals surface area contributed by atoms with E-state index in [4.69, 9.17) is 0 Å². The van der Waals surface area contributed by atoms with Crippen LogP contribution in [0.2, 0.25) is 0 Å². The second-order valence-electron chi connectivity index (χ2n) is 5.66. The van der Waals surface area contributed by atoms with Crippen molar-refractivity contribution < 1.29 is 9.90 Å². The molecule has 1 aliphatic heterocycles. The summed E-state index contributed by atoms with van der Waals surface area (Å²) in [4.78, 5) is 12.2. The molecule has 1 aromatic carbocycles. The average Bonchev–Trinajstić information content (AvgIpc) is 3.14. The van der Waals surface area contributed by atoms with Gasteiger partial charge in [-0.05, 0) is 18.6 Å². The molecule has 2 heterocycles. The number of aliphatic hydroxyl groups excluding tert-OH is 1. The number of β-amino-alcohol motifs (C(OH)–C–C–N with tert-alkyl or cyclic N) is 1. The van der Waals surface area contributed by atoms with Crippen LogP contribution < -0.4 is 10.6 Å². The van der Waals surface area contributed by atoms with Crippen molar-refractivity contribution in [3.8, 4) is 5.69 Å². The second kappa shape index (κ2) is 7.59. The van der Waals surface area contributed by atoms with Gasteiger partial charge in [0.2, 0.25) is 0 Å². The number of aliphatic hydroxyl groups is 1. The Balaban J connectivity index is 0.00000192. The smallest absolute Gasteiger partial charge is 0.254 e. The number of para-hydroxylation sites is 1. The van der Waals surface area contributed by atoms with E-state index in [9.17, 15) is 9.90 Å². The van der Waals surface area contributed by atoms with E-state index in [0.29, 0.717) is 18.7 Å². The van der Waals surface area contributed by atoms with E-state index in [1.54, 1.807) is 17.1 Å². The number of hydrogen-bond acceptors (Lipinski definition) is 4.